The molecule has 3 aromatic heterocycles. The summed E-state index contributed by atoms with van der Waals surface area (Å²) in [5.74, 6) is -1.21. The van der Waals surface area contributed by atoms with E-state index in [-0.39, 0.29) is 23.7 Å². The fraction of sp³-hybridized carbons (Fsp3) is 0.393. The van der Waals surface area contributed by atoms with Crippen molar-refractivity contribution in [2.24, 2.45) is 0 Å². The van der Waals surface area contributed by atoms with E-state index in [2.05, 4.69) is 15.3 Å². The Morgan fingerprint density at radius 2 is 1.98 bits per heavy atom. The van der Waals surface area contributed by atoms with E-state index in [0.717, 1.165) is 40.6 Å². The van der Waals surface area contributed by atoms with Crippen molar-refractivity contribution in [1.82, 2.24) is 29.3 Å². The molecular weight excluding hydrogens is 532 g/mol. The van der Waals surface area contributed by atoms with Crippen molar-refractivity contribution >= 4 is 27.8 Å². The molecule has 12 heteroatoms. The third-order valence-corrected chi connectivity index (χ3v) is 9.80. The van der Waals surface area contributed by atoms with Crippen LogP contribution in [0.3, 0.4) is 0 Å². The maximum atomic E-state index is 12.0. The largest absolute Gasteiger partial charge is 0.481 e. The van der Waals surface area contributed by atoms with Crippen LogP contribution >= 0.6 is 10.8 Å². The normalized spacial score (nSPS) is 19.0. The smallest absolute Gasteiger partial charge is 0.304 e. The Balaban J connectivity index is 1.39. The summed E-state index contributed by atoms with van der Waals surface area (Å²) >= 11 is 0. The van der Waals surface area contributed by atoms with Crippen molar-refractivity contribution in [2.75, 3.05) is 6.54 Å². The first-order chi connectivity index (χ1) is 19.1. The molecule has 210 valence electrons. The van der Waals surface area contributed by atoms with Crippen molar-refractivity contribution in [3.05, 3.63) is 70.7 Å². The predicted molar refractivity (Wildman–Crippen MR) is 149 cm³/mol. The molecule has 0 bridgehead atoms. The molecule has 1 aromatic carbocycles. The fourth-order valence-corrected chi connectivity index (χ4v) is 7.03. The van der Waals surface area contributed by atoms with Gasteiger partial charge in [-0.05, 0) is 74.6 Å². The lowest BCUT2D eigenvalue weighted by atomic mass is 9.88. The Hall–Kier alpha value is -3.58. The number of hydrogen-bond acceptors (Lipinski definition) is 9. The third-order valence-electron chi connectivity index (χ3n) is 7.92. The van der Waals surface area contributed by atoms with Crippen LogP contribution in [0.5, 0.6) is 5.88 Å². The Morgan fingerprint density at radius 3 is 2.70 bits per heavy atom. The van der Waals surface area contributed by atoms with Gasteiger partial charge < -0.3 is 9.84 Å². The minimum Gasteiger partial charge on any atom is -0.481 e. The first-order valence-electron chi connectivity index (χ1n) is 13.3. The zero-order valence-electron chi connectivity index (χ0n) is 22.6. The number of aryl methyl sites for hydroxylation is 3. The average Bonchev–Trinajstić information content (AvgIpc) is 3.56. The number of rotatable bonds is 7. The van der Waals surface area contributed by atoms with E-state index < -0.39 is 28.3 Å². The van der Waals surface area contributed by atoms with Gasteiger partial charge in [-0.3, -0.25) is 18.9 Å². The van der Waals surface area contributed by atoms with Gasteiger partial charge in [0, 0.05) is 24.4 Å². The van der Waals surface area contributed by atoms with E-state index in [9.17, 15) is 19.0 Å². The summed E-state index contributed by atoms with van der Waals surface area (Å²) in [6, 6.07) is 10.9. The van der Waals surface area contributed by atoms with Crippen molar-refractivity contribution in [1.29, 1.82) is 0 Å². The standard InChI is InChI=1S/C28H32N6O5S/c1-4-34-23-10-8-19(18(3)26(23)31-32-34)20(14-25(35)36)21-9-7-17(2)22(30-21)15-33-16-28(11-12-28)39-27-24(40(33,37)38)6-5-13-29-27/h5-10,13,20,37-38H,4,11-12,14-16H2,1-3H3,(H,35,36). The number of carboxylic acids is 1. The number of carboxylic acid groups (broad SMARTS) is 1. The van der Waals surface area contributed by atoms with Gasteiger partial charge in [0.25, 0.3) is 0 Å². The lowest BCUT2D eigenvalue weighted by Crippen LogP contribution is -2.36. The van der Waals surface area contributed by atoms with Crippen LogP contribution in [0.15, 0.2) is 47.5 Å². The first kappa shape index (κ1) is 26.6. The maximum absolute atomic E-state index is 12.0. The quantitative estimate of drug-likeness (QED) is 0.283. The number of nitrogens with zero attached hydrogens (tertiary/aromatic N) is 6. The second kappa shape index (κ2) is 9.81. The zero-order chi connectivity index (χ0) is 28.2. The molecule has 1 atom stereocenters. The number of fused-ring (bicyclic) bond motifs is 2. The summed E-state index contributed by atoms with van der Waals surface area (Å²) in [7, 11) is -3.41. The van der Waals surface area contributed by atoms with Crippen LogP contribution < -0.4 is 4.74 Å². The minimum atomic E-state index is -3.41. The predicted octanol–water partition coefficient (Wildman–Crippen LogP) is 4.92. The van der Waals surface area contributed by atoms with Crippen molar-refractivity contribution < 1.29 is 23.7 Å². The molecule has 1 unspecified atom stereocenters. The van der Waals surface area contributed by atoms with Crippen LogP contribution in [0.2, 0.25) is 0 Å². The molecule has 6 rings (SSSR count). The van der Waals surface area contributed by atoms with Crippen LogP contribution in [0.25, 0.3) is 11.0 Å². The summed E-state index contributed by atoms with van der Waals surface area (Å²) in [6.45, 7) is 7.00. The zero-order valence-corrected chi connectivity index (χ0v) is 23.4. The van der Waals surface area contributed by atoms with E-state index in [1.165, 1.54) is 0 Å². The molecule has 3 N–H and O–H groups in total. The molecule has 0 amide bonds. The van der Waals surface area contributed by atoms with Crippen LogP contribution in [-0.4, -0.2) is 61.6 Å². The second-order valence-electron chi connectivity index (χ2n) is 10.6. The molecule has 0 saturated heterocycles. The Bertz CT molecular complexity index is 1620. The fourth-order valence-electron chi connectivity index (χ4n) is 5.45. The molecular formula is C28H32N6O5S. The summed E-state index contributed by atoms with van der Waals surface area (Å²) in [4.78, 5) is 21.5. The van der Waals surface area contributed by atoms with Crippen LogP contribution in [-0.2, 0) is 17.9 Å². The van der Waals surface area contributed by atoms with Crippen LogP contribution in [0.4, 0.5) is 0 Å². The molecule has 4 heterocycles. The van der Waals surface area contributed by atoms with Gasteiger partial charge >= 0.3 is 5.97 Å². The molecule has 40 heavy (non-hydrogen) atoms. The monoisotopic (exact) mass is 564 g/mol. The van der Waals surface area contributed by atoms with Gasteiger partial charge in [-0.2, -0.15) is 4.31 Å². The highest BCUT2D eigenvalue weighted by atomic mass is 32.3. The van der Waals surface area contributed by atoms with E-state index in [1.54, 1.807) is 22.6 Å². The number of pyridine rings is 2. The van der Waals surface area contributed by atoms with Gasteiger partial charge in [0.05, 0.1) is 30.7 Å². The van der Waals surface area contributed by atoms with Crippen molar-refractivity contribution in [2.45, 2.75) is 69.5 Å². The van der Waals surface area contributed by atoms with Gasteiger partial charge in [0.15, 0.2) is 0 Å². The van der Waals surface area contributed by atoms with E-state index in [4.69, 9.17) is 9.72 Å². The Morgan fingerprint density at radius 1 is 1.18 bits per heavy atom. The molecule has 1 spiro atoms. The highest BCUT2D eigenvalue weighted by Gasteiger charge is 2.52. The lowest BCUT2D eigenvalue weighted by molar-refractivity contribution is -0.137. The van der Waals surface area contributed by atoms with Crippen molar-refractivity contribution in [3.8, 4) is 5.88 Å². The number of aliphatic carboxylic acids is 1. The topological polar surface area (TPSA) is 147 Å². The second-order valence-corrected chi connectivity index (χ2v) is 12.6. The number of aromatic nitrogens is 5. The average molecular weight is 565 g/mol. The van der Waals surface area contributed by atoms with Crippen molar-refractivity contribution in [3.63, 3.8) is 0 Å². The Labute approximate surface area is 233 Å². The van der Waals surface area contributed by atoms with Gasteiger partial charge in [0.1, 0.15) is 16.0 Å². The lowest BCUT2D eigenvalue weighted by Gasteiger charge is -2.41. The van der Waals surface area contributed by atoms with Gasteiger partial charge in [-0.1, -0.05) is 17.3 Å². The Kier molecular flexibility index (Phi) is 6.53. The SMILES string of the molecule is CCn1nnc2c(C)c(C(CC(=O)O)c3ccc(C)c(CN4CC5(CC5)Oc5ncccc5S4(O)O)n3)ccc21. The molecule has 0 radical (unpaired) electrons. The van der Waals surface area contributed by atoms with E-state index in [0.29, 0.717) is 24.5 Å². The number of benzene rings is 1. The van der Waals surface area contributed by atoms with Gasteiger partial charge in [-0.25, -0.2) is 9.67 Å². The highest BCUT2D eigenvalue weighted by Crippen LogP contribution is 2.60. The number of hydrogen-bond donors (Lipinski definition) is 3. The first-order valence-corrected chi connectivity index (χ1v) is 14.8. The van der Waals surface area contributed by atoms with E-state index in [1.807, 2.05) is 49.7 Å². The molecule has 1 aliphatic heterocycles. The highest BCUT2D eigenvalue weighted by molar-refractivity contribution is 8.22. The third kappa shape index (κ3) is 4.60. The maximum Gasteiger partial charge on any atom is 0.304 e. The molecule has 1 aliphatic carbocycles. The van der Waals surface area contributed by atoms with Crippen LogP contribution in [0, 0.1) is 13.8 Å². The molecule has 1 saturated carbocycles. The van der Waals surface area contributed by atoms with Crippen LogP contribution in [0.1, 0.15) is 60.2 Å². The number of carbonyl (C=O) groups is 1. The molecule has 2 aliphatic rings. The molecule has 1 fully saturated rings. The summed E-state index contributed by atoms with van der Waals surface area (Å²) < 4.78 is 32.5. The van der Waals surface area contributed by atoms with E-state index >= 15 is 0 Å². The summed E-state index contributed by atoms with van der Waals surface area (Å²) in [6.07, 6.45) is 3.03. The molecule has 4 aromatic rings. The molecule has 11 nitrogen and oxygen atoms in total. The minimum absolute atomic E-state index is 0.154. The number of ether oxygens (including phenoxy) is 1. The van der Waals surface area contributed by atoms with Gasteiger partial charge in [-0.15, -0.1) is 15.9 Å². The van der Waals surface area contributed by atoms with Gasteiger partial charge in [0.2, 0.25) is 5.88 Å². The summed E-state index contributed by atoms with van der Waals surface area (Å²) in [5, 5.41) is 18.4. The summed E-state index contributed by atoms with van der Waals surface area (Å²) in [5.41, 5.74) is 4.92.